The van der Waals surface area contributed by atoms with E-state index in [1.54, 1.807) is 0 Å². The molecule has 0 aromatic heterocycles. The lowest BCUT2D eigenvalue weighted by molar-refractivity contribution is -0.135. The Bertz CT molecular complexity index is 206. The van der Waals surface area contributed by atoms with Crippen molar-refractivity contribution in [3.8, 4) is 0 Å². The van der Waals surface area contributed by atoms with Crippen LogP contribution in [-0.2, 0) is 14.3 Å². The molecule has 1 rings (SSSR count). The Morgan fingerprint density at radius 2 is 2.12 bits per heavy atom. The van der Waals surface area contributed by atoms with Gasteiger partial charge in [0.1, 0.15) is 0 Å². The van der Waals surface area contributed by atoms with Gasteiger partial charge >= 0.3 is 0 Å². The van der Waals surface area contributed by atoms with E-state index in [0.29, 0.717) is 19.6 Å². The van der Waals surface area contributed by atoms with Crippen molar-refractivity contribution in [2.45, 2.75) is 19.8 Å². The van der Waals surface area contributed by atoms with Crippen LogP contribution in [0.3, 0.4) is 0 Å². The molecular formula is C12H24N2O3. The summed E-state index contributed by atoms with van der Waals surface area (Å²) in [6.07, 6.45) is 1.58. The van der Waals surface area contributed by atoms with Crippen LogP contribution in [0, 0.1) is 0 Å². The molecule has 100 valence electrons. The van der Waals surface area contributed by atoms with Crippen LogP contribution in [0.1, 0.15) is 19.8 Å². The van der Waals surface area contributed by atoms with E-state index < -0.39 is 0 Å². The van der Waals surface area contributed by atoms with Crippen LogP contribution in [0.25, 0.3) is 0 Å². The fourth-order valence-electron chi connectivity index (χ4n) is 1.73. The molecule has 5 nitrogen and oxygen atoms in total. The van der Waals surface area contributed by atoms with E-state index in [0.717, 1.165) is 45.8 Å². The van der Waals surface area contributed by atoms with Gasteiger partial charge in [-0.3, -0.25) is 4.79 Å². The molecule has 1 aliphatic rings. The molecule has 1 aliphatic heterocycles. The number of morpholine rings is 1. The van der Waals surface area contributed by atoms with Crippen LogP contribution in [0.4, 0.5) is 0 Å². The Balaban J connectivity index is 1.92. The van der Waals surface area contributed by atoms with Gasteiger partial charge in [0.25, 0.3) is 0 Å². The molecule has 0 radical (unpaired) electrons. The van der Waals surface area contributed by atoms with Crippen molar-refractivity contribution in [2.75, 3.05) is 52.6 Å². The van der Waals surface area contributed by atoms with Gasteiger partial charge in [0.2, 0.25) is 5.91 Å². The highest BCUT2D eigenvalue weighted by Crippen LogP contribution is 1.99. The van der Waals surface area contributed by atoms with Crippen molar-refractivity contribution < 1.29 is 14.3 Å². The molecule has 0 aromatic carbocycles. The van der Waals surface area contributed by atoms with E-state index in [2.05, 4.69) is 5.32 Å². The molecule has 1 N–H and O–H groups in total. The number of nitrogens with one attached hydrogen (secondary N) is 1. The van der Waals surface area contributed by atoms with Crippen molar-refractivity contribution in [1.29, 1.82) is 0 Å². The zero-order valence-electron chi connectivity index (χ0n) is 10.7. The van der Waals surface area contributed by atoms with E-state index in [-0.39, 0.29) is 5.91 Å². The number of carbonyl (C=O) groups excluding carboxylic acids is 1. The number of amides is 1. The van der Waals surface area contributed by atoms with Gasteiger partial charge in [0, 0.05) is 39.3 Å². The second-order valence-electron chi connectivity index (χ2n) is 4.04. The van der Waals surface area contributed by atoms with Crippen LogP contribution >= 0.6 is 0 Å². The molecule has 0 saturated carbocycles. The molecule has 1 heterocycles. The third-order valence-electron chi connectivity index (χ3n) is 2.73. The van der Waals surface area contributed by atoms with Gasteiger partial charge in [-0.1, -0.05) is 0 Å². The lowest BCUT2D eigenvalue weighted by atomic mass is 10.3. The van der Waals surface area contributed by atoms with E-state index in [4.69, 9.17) is 9.47 Å². The summed E-state index contributed by atoms with van der Waals surface area (Å²) in [5.41, 5.74) is 0. The average molecular weight is 244 g/mol. The van der Waals surface area contributed by atoms with Gasteiger partial charge in [0.15, 0.2) is 0 Å². The summed E-state index contributed by atoms with van der Waals surface area (Å²) in [7, 11) is 0. The maximum Gasteiger partial charge on any atom is 0.224 e. The quantitative estimate of drug-likeness (QED) is 0.622. The fourth-order valence-corrected chi connectivity index (χ4v) is 1.73. The van der Waals surface area contributed by atoms with E-state index in [1.807, 2.05) is 11.8 Å². The fraction of sp³-hybridized carbons (Fsp3) is 0.917. The average Bonchev–Trinajstić information content (AvgIpc) is 2.38. The van der Waals surface area contributed by atoms with Gasteiger partial charge in [-0.15, -0.1) is 0 Å². The third-order valence-corrected chi connectivity index (χ3v) is 2.73. The van der Waals surface area contributed by atoms with Crippen LogP contribution in [-0.4, -0.2) is 63.4 Å². The Labute approximate surface area is 103 Å². The van der Waals surface area contributed by atoms with Gasteiger partial charge in [0.05, 0.1) is 13.2 Å². The first-order valence-corrected chi connectivity index (χ1v) is 6.48. The normalized spacial score (nSPS) is 16.2. The largest absolute Gasteiger partial charge is 0.382 e. The molecule has 0 aromatic rings. The zero-order chi connectivity index (χ0) is 12.3. The van der Waals surface area contributed by atoms with E-state index in [1.165, 1.54) is 0 Å². The number of nitrogens with zero attached hydrogens (tertiary/aromatic N) is 1. The number of hydrogen-bond acceptors (Lipinski definition) is 4. The molecule has 0 spiro atoms. The maximum atomic E-state index is 11.7. The molecule has 0 bridgehead atoms. The minimum atomic E-state index is 0.227. The smallest absolute Gasteiger partial charge is 0.224 e. The standard InChI is InChI=1S/C12H24N2O3/c1-2-16-9-3-5-13-6-4-12(15)14-7-10-17-11-8-14/h13H,2-11H2,1H3. The van der Waals surface area contributed by atoms with Crippen LogP contribution in [0.5, 0.6) is 0 Å². The topological polar surface area (TPSA) is 50.8 Å². The minimum Gasteiger partial charge on any atom is -0.382 e. The summed E-state index contributed by atoms with van der Waals surface area (Å²) >= 11 is 0. The SMILES string of the molecule is CCOCCCNCCC(=O)N1CCOCC1. The minimum absolute atomic E-state index is 0.227. The number of hydrogen-bond donors (Lipinski definition) is 1. The van der Waals surface area contributed by atoms with E-state index in [9.17, 15) is 4.79 Å². The second-order valence-corrected chi connectivity index (χ2v) is 4.04. The summed E-state index contributed by atoms with van der Waals surface area (Å²) in [6.45, 7) is 8.05. The molecule has 0 aliphatic carbocycles. The highest BCUT2D eigenvalue weighted by atomic mass is 16.5. The molecular weight excluding hydrogens is 220 g/mol. The van der Waals surface area contributed by atoms with Crippen LogP contribution < -0.4 is 5.32 Å². The summed E-state index contributed by atoms with van der Waals surface area (Å²) < 4.78 is 10.4. The summed E-state index contributed by atoms with van der Waals surface area (Å²) in [5, 5.41) is 3.26. The summed E-state index contributed by atoms with van der Waals surface area (Å²) in [6, 6.07) is 0. The van der Waals surface area contributed by atoms with Crippen molar-refractivity contribution >= 4 is 5.91 Å². The van der Waals surface area contributed by atoms with E-state index >= 15 is 0 Å². The molecule has 5 heteroatoms. The third kappa shape index (κ3) is 6.61. The number of ether oxygens (including phenoxy) is 2. The van der Waals surface area contributed by atoms with Crippen LogP contribution in [0.15, 0.2) is 0 Å². The van der Waals surface area contributed by atoms with Gasteiger partial charge in [-0.05, 0) is 19.9 Å². The van der Waals surface area contributed by atoms with Crippen molar-refractivity contribution in [3.63, 3.8) is 0 Å². The molecule has 17 heavy (non-hydrogen) atoms. The van der Waals surface area contributed by atoms with Gasteiger partial charge in [-0.25, -0.2) is 0 Å². The van der Waals surface area contributed by atoms with Gasteiger partial charge in [-0.2, -0.15) is 0 Å². The maximum absolute atomic E-state index is 11.7. The highest BCUT2D eigenvalue weighted by Gasteiger charge is 2.15. The summed E-state index contributed by atoms with van der Waals surface area (Å²) in [5.74, 6) is 0.227. The summed E-state index contributed by atoms with van der Waals surface area (Å²) in [4.78, 5) is 13.6. The molecule has 1 fully saturated rings. The molecule has 1 amide bonds. The van der Waals surface area contributed by atoms with Crippen molar-refractivity contribution in [2.24, 2.45) is 0 Å². The lowest BCUT2D eigenvalue weighted by Gasteiger charge is -2.26. The van der Waals surface area contributed by atoms with Crippen LogP contribution in [0.2, 0.25) is 0 Å². The monoisotopic (exact) mass is 244 g/mol. The highest BCUT2D eigenvalue weighted by molar-refractivity contribution is 5.76. The number of rotatable bonds is 8. The first-order valence-electron chi connectivity index (χ1n) is 6.48. The van der Waals surface area contributed by atoms with Gasteiger partial charge < -0.3 is 19.7 Å². The first-order chi connectivity index (χ1) is 8.34. The second kappa shape index (κ2) is 9.39. The molecule has 0 atom stereocenters. The molecule has 0 unspecified atom stereocenters. The molecule has 1 saturated heterocycles. The Morgan fingerprint density at radius 1 is 1.35 bits per heavy atom. The first kappa shape index (κ1) is 14.4. The number of carbonyl (C=O) groups is 1. The zero-order valence-corrected chi connectivity index (χ0v) is 10.7. The van der Waals surface area contributed by atoms with Crippen molar-refractivity contribution in [3.05, 3.63) is 0 Å². The predicted molar refractivity (Wildman–Crippen MR) is 66.0 cm³/mol. The Morgan fingerprint density at radius 3 is 2.82 bits per heavy atom. The lowest BCUT2D eigenvalue weighted by Crippen LogP contribution is -2.41. The predicted octanol–water partition coefficient (Wildman–Crippen LogP) is 0.252. The van der Waals surface area contributed by atoms with Crippen molar-refractivity contribution in [1.82, 2.24) is 10.2 Å². The Hall–Kier alpha value is -0.650. The Kier molecular flexibility index (Phi) is 7.96.